The van der Waals surface area contributed by atoms with E-state index in [1.54, 1.807) is 56.5 Å². The minimum Gasteiger partial charge on any atom is -0.497 e. The van der Waals surface area contributed by atoms with Gasteiger partial charge < -0.3 is 19.3 Å². The van der Waals surface area contributed by atoms with Crippen LogP contribution in [0.2, 0.25) is 0 Å². The average Bonchev–Trinajstić information content (AvgIpc) is 3.07. The first-order valence-electron chi connectivity index (χ1n) is 7.61. The van der Waals surface area contributed by atoms with Gasteiger partial charge in [-0.2, -0.15) is 4.98 Å². The molecule has 3 aromatic rings. The summed E-state index contributed by atoms with van der Waals surface area (Å²) < 4.78 is 15.5. The lowest BCUT2D eigenvalue weighted by Crippen LogP contribution is -2.20. The number of carbonyl (C=O) groups excluding carboxylic acids is 1. The third-order valence-corrected chi connectivity index (χ3v) is 3.36. The first-order chi connectivity index (χ1) is 12.1. The summed E-state index contributed by atoms with van der Waals surface area (Å²) in [4.78, 5) is 16.2. The minimum absolute atomic E-state index is 0.0993. The summed E-state index contributed by atoms with van der Waals surface area (Å²) in [6.45, 7) is 1.62. The highest BCUT2D eigenvalue weighted by Gasteiger charge is 2.08. The van der Waals surface area contributed by atoms with Crippen LogP contribution in [0.1, 0.15) is 5.89 Å². The number of carbonyl (C=O) groups is 1. The van der Waals surface area contributed by atoms with E-state index in [2.05, 4.69) is 15.5 Å². The minimum atomic E-state index is -0.266. The maximum absolute atomic E-state index is 12.1. The van der Waals surface area contributed by atoms with Crippen molar-refractivity contribution in [2.45, 2.75) is 6.92 Å². The molecule has 3 rings (SSSR count). The molecule has 2 aromatic carbocycles. The predicted molar refractivity (Wildman–Crippen MR) is 91.6 cm³/mol. The van der Waals surface area contributed by atoms with E-state index in [1.807, 2.05) is 6.07 Å². The molecule has 1 N–H and O–H groups in total. The molecule has 25 heavy (non-hydrogen) atoms. The van der Waals surface area contributed by atoms with E-state index >= 15 is 0 Å². The summed E-state index contributed by atoms with van der Waals surface area (Å²) in [5.41, 5.74) is 1.38. The topological polar surface area (TPSA) is 86.5 Å². The van der Waals surface area contributed by atoms with Crippen LogP contribution in [-0.2, 0) is 4.79 Å². The summed E-state index contributed by atoms with van der Waals surface area (Å²) in [6, 6.07) is 14.2. The van der Waals surface area contributed by atoms with Crippen molar-refractivity contribution in [2.75, 3.05) is 19.0 Å². The van der Waals surface area contributed by atoms with Gasteiger partial charge in [-0.25, -0.2) is 0 Å². The molecule has 7 nitrogen and oxygen atoms in total. The second-order valence-corrected chi connectivity index (χ2v) is 5.23. The second kappa shape index (κ2) is 7.48. The van der Waals surface area contributed by atoms with Crippen molar-refractivity contribution < 1.29 is 18.8 Å². The van der Waals surface area contributed by atoms with Crippen LogP contribution in [0.5, 0.6) is 11.5 Å². The van der Waals surface area contributed by atoms with Crippen molar-refractivity contribution in [1.82, 2.24) is 10.1 Å². The summed E-state index contributed by atoms with van der Waals surface area (Å²) in [6.07, 6.45) is 0. The molecule has 0 fully saturated rings. The van der Waals surface area contributed by atoms with Gasteiger partial charge in [0.05, 0.1) is 7.11 Å². The first kappa shape index (κ1) is 16.5. The average molecular weight is 339 g/mol. The number of hydrogen-bond donors (Lipinski definition) is 1. The Labute approximate surface area is 144 Å². The van der Waals surface area contributed by atoms with Gasteiger partial charge in [0.15, 0.2) is 6.61 Å². The number of ether oxygens (including phenoxy) is 2. The Bertz CT molecular complexity index is 859. The summed E-state index contributed by atoms with van der Waals surface area (Å²) in [7, 11) is 1.59. The third kappa shape index (κ3) is 4.35. The SMILES string of the molecule is COc1ccc(OCC(=O)Nc2cccc(-c3noc(C)n3)c2)cc1. The maximum Gasteiger partial charge on any atom is 0.262 e. The lowest BCUT2D eigenvalue weighted by molar-refractivity contribution is -0.118. The highest BCUT2D eigenvalue weighted by Crippen LogP contribution is 2.20. The molecule has 0 atom stereocenters. The van der Waals surface area contributed by atoms with Crippen LogP contribution in [-0.4, -0.2) is 29.8 Å². The van der Waals surface area contributed by atoms with E-state index in [1.165, 1.54) is 0 Å². The molecule has 1 aromatic heterocycles. The molecule has 0 saturated heterocycles. The molecule has 0 aliphatic carbocycles. The normalized spacial score (nSPS) is 10.3. The van der Waals surface area contributed by atoms with Gasteiger partial charge in [-0.1, -0.05) is 17.3 Å². The number of rotatable bonds is 6. The van der Waals surface area contributed by atoms with Crippen molar-refractivity contribution in [3.63, 3.8) is 0 Å². The van der Waals surface area contributed by atoms with E-state index in [4.69, 9.17) is 14.0 Å². The van der Waals surface area contributed by atoms with E-state index in [0.29, 0.717) is 23.2 Å². The van der Waals surface area contributed by atoms with E-state index in [9.17, 15) is 4.79 Å². The number of nitrogens with zero attached hydrogens (tertiary/aromatic N) is 2. The molecule has 0 saturated carbocycles. The quantitative estimate of drug-likeness (QED) is 0.743. The van der Waals surface area contributed by atoms with Crippen LogP contribution < -0.4 is 14.8 Å². The number of anilines is 1. The van der Waals surface area contributed by atoms with Crippen molar-refractivity contribution >= 4 is 11.6 Å². The fourth-order valence-corrected chi connectivity index (χ4v) is 2.17. The Morgan fingerprint density at radius 1 is 1.16 bits per heavy atom. The second-order valence-electron chi connectivity index (χ2n) is 5.23. The molecule has 0 radical (unpaired) electrons. The standard InChI is InChI=1S/C18H17N3O4/c1-12-19-18(21-25-12)13-4-3-5-14(10-13)20-17(22)11-24-16-8-6-15(23-2)7-9-16/h3-10H,11H2,1-2H3,(H,20,22). The highest BCUT2D eigenvalue weighted by molar-refractivity contribution is 5.92. The van der Waals surface area contributed by atoms with Crippen molar-refractivity contribution in [3.05, 3.63) is 54.4 Å². The zero-order valence-corrected chi connectivity index (χ0v) is 13.9. The summed E-state index contributed by atoms with van der Waals surface area (Å²) in [5, 5.41) is 6.64. The van der Waals surface area contributed by atoms with Gasteiger partial charge in [-0.3, -0.25) is 4.79 Å². The van der Waals surface area contributed by atoms with Crippen LogP contribution in [0.25, 0.3) is 11.4 Å². The van der Waals surface area contributed by atoms with Crippen molar-refractivity contribution in [3.8, 4) is 22.9 Å². The van der Waals surface area contributed by atoms with Crippen LogP contribution in [0.4, 0.5) is 5.69 Å². The Morgan fingerprint density at radius 3 is 2.60 bits per heavy atom. The Kier molecular flexibility index (Phi) is 4.94. The van der Waals surface area contributed by atoms with Gasteiger partial charge in [0.25, 0.3) is 5.91 Å². The van der Waals surface area contributed by atoms with Crippen LogP contribution in [0.15, 0.2) is 53.1 Å². The number of aromatic nitrogens is 2. The van der Waals surface area contributed by atoms with E-state index < -0.39 is 0 Å². The van der Waals surface area contributed by atoms with Crippen LogP contribution in [0.3, 0.4) is 0 Å². The van der Waals surface area contributed by atoms with Gasteiger partial charge in [0.1, 0.15) is 11.5 Å². The van der Waals surface area contributed by atoms with Gasteiger partial charge in [-0.05, 0) is 36.4 Å². The molecule has 1 heterocycles. The van der Waals surface area contributed by atoms with Gasteiger partial charge in [0.2, 0.25) is 11.7 Å². The molecular weight excluding hydrogens is 322 g/mol. The predicted octanol–water partition coefficient (Wildman–Crippen LogP) is 3.07. The van der Waals surface area contributed by atoms with Crippen LogP contribution >= 0.6 is 0 Å². The smallest absolute Gasteiger partial charge is 0.262 e. The molecule has 1 amide bonds. The molecule has 0 bridgehead atoms. The Morgan fingerprint density at radius 2 is 1.92 bits per heavy atom. The Hall–Kier alpha value is -3.35. The molecule has 7 heteroatoms. The third-order valence-electron chi connectivity index (χ3n) is 3.36. The number of benzene rings is 2. The highest BCUT2D eigenvalue weighted by atomic mass is 16.5. The van der Waals surface area contributed by atoms with Crippen molar-refractivity contribution in [2.24, 2.45) is 0 Å². The monoisotopic (exact) mass is 339 g/mol. The number of amides is 1. The van der Waals surface area contributed by atoms with Gasteiger partial charge in [-0.15, -0.1) is 0 Å². The van der Waals surface area contributed by atoms with E-state index in [-0.39, 0.29) is 12.5 Å². The Balaban J connectivity index is 1.59. The van der Waals surface area contributed by atoms with E-state index in [0.717, 1.165) is 11.3 Å². The maximum atomic E-state index is 12.1. The summed E-state index contributed by atoms with van der Waals surface area (Å²) >= 11 is 0. The number of nitrogens with one attached hydrogen (secondary N) is 1. The molecule has 0 aliphatic heterocycles. The molecule has 0 aliphatic rings. The van der Waals surface area contributed by atoms with Gasteiger partial charge >= 0.3 is 0 Å². The van der Waals surface area contributed by atoms with Gasteiger partial charge in [0, 0.05) is 18.2 Å². The van der Waals surface area contributed by atoms with Crippen molar-refractivity contribution in [1.29, 1.82) is 0 Å². The fraction of sp³-hybridized carbons (Fsp3) is 0.167. The zero-order chi connectivity index (χ0) is 17.6. The zero-order valence-electron chi connectivity index (χ0n) is 13.9. The first-order valence-corrected chi connectivity index (χ1v) is 7.61. The lowest BCUT2D eigenvalue weighted by atomic mass is 10.2. The molecule has 0 unspecified atom stereocenters. The molecular formula is C18H17N3O4. The number of methoxy groups -OCH3 is 1. The number of aryl methyl sites for hydroxylation is 1. The molecule has 0 spiro atoms. The summed E-state index contributed by atoms with van der Waals surface area (Å²) in [5.74, 6) is 2.01. The molecule has 128 valence electrons. The van der Waals surface area contributed by atoms with Crippen LogP contribution in [0, 0.1) is 6.92 Å². The lowest BCUT2D eigenvalue weighted by Gasteiger charge is -2.08. The number of hydrogen-bond acceptors (Lipinski definition) is 6. The fourth-order valence-electron chi connectivity index (χ4n) is 2.17. The largest absolute Gasteiger partial charge is 0.497 e.